The number of aliphatic hydroxyl groups is 1. The van der Waals surface area contributed by atoms with Gasteiger partial charge in [-0.05, 0) is 33.5 Å². The van der Waals surface area contributed by atoms with Crippen molar-refractivity contribution < 1.29 is 9.90 Å². The standard InChI is InChI=1S/C9H20N2O2/c1-10(2)5-3-6-11(9-13)7-4-8-12/h9,12H,3-8H2,1-2H3. The zero-order valence-electron chi connectivity index (χ0n) is 8.57. The number of nitrogens with zero attached hydrogens (tertiary/aromatic N) is 2. The van der Waals surface area contributed by atoms with Crippen LogP contribution in [0.25, 0.3) is 0 Å². The van der Waals surface area contributed by atoms with Crippen LogP contribution in [0.1, 0.15) is 12.8 Å². The van der Waals surface area contributed by atoms with Crippen LogP contribution in [0, 0.1) is 0 Å². The van der Waals surface area contributed by atoms with Crippen LogP contribution in [0.3, 0.4) is 0 Å². The molecular formula is C9H20N2O2. The van der Waals surface area contributed by atoms with Crippen LogP contribution in [0.5, 0.6) is 0 Å². The molecule has 1 amide bonds. The van der Waals surface area contributed by atoms with Crippen LogP contribution in [0.2, 0.25) is 0 Å². The van der Waals surface area contributed by atoms with Gasteiger partial charge in [0, 0.05) is 19.7 Å². The molecule has 1 N–H and O–H groups in total. The number of hydrogen-bond acceptors (Lipinski definition) is 3. The second-order valence-corrected chi connectivity index (χ2v) is 3.38. The average molecular weight is 188 g/mol. The van der Waals surface area contributed by atoms with Crippen molar-refractivity contribution in [2.75, 3.05) is 40.3 Å². The Labute approximate surface area is 80.1 Å². The van der Waals surface area contributed by atoms with Gasteiger partial charge in [-0.3, -0.25) is 4.79 Å². The monoisotopic (exact) mass is 188 g/mol. The molecule has 0 bridgehead atoms. The van der Waals surface area contributed by atoms with Gasteiger partial charge in [0.25, 0.3) is 0 Å². The van der Waals surface area contributed by atoms with Crippen LogP contribution < -0.4 is 0 Å². The van der Waals surface area contributed by atoms with Crippen molar-refractivity contribution in [2.45, 2.75) is 12.8 Å². The molecule has 0 heterocycles. The number of rotatable bonds is 8. The molecule has 0 atom stereocenters. The third kappa shape index (κ3) is 7.74. The van der Waals surface area contributed by atoms with E-state index in [1.54, 1.807) is 4.90 Å². The number of carbonyl (C=O) groups excluding carboxylic acids is 1. The Hall–Kier alpha value is -0.610. The molecule has 0 aliphatic heterocycles. The largest absolute Gasteiger partial charge is 0.396 e. The minimum Gasteiger partial charge on any atom is -0.396 e. The molecule has 4 nitrogen and oxygen atoms in total. The van der Waals surface area contributed by atoms with Crippen molar-refractivity contribution in [1.82, 2.24) is 9.80 Å². The maximum Gasteiger partial charge on any atom is 0.209 e. The van der Waals surface area contributed by atoms with Crippen LogP contribution >= 0.6 is 0 Å². The summed E-state index contributed by atoms with van der Waals surface area (Å²) in [6.07, 6.45) is 2.50. The molecule has 0 aromatic carbocycles. The number of hydrogen-bond donors (Lipinski definition) is 1. The summed E-state index contributed by atoms with van der Waals surface area (Å²) in [5.74, 6) is 0. The van der Waals surface area contributed by atoms with E-state index in [0.29, 0.717) is 13.0 Å². The first-order chi connectivity index (χ1) is 6.20. The third-order valence-electron chi connectivity index (χ3n) is 1.80. The van der Waals surface area contributed by atoms with Crippen LogP contribution in [0.15, 0.2) is 0 Å². The molecule has 0 unspecified atom stereocenters. The van der Waals surface area contributed by atoms with Crippen LogP contribution in [-0.4, -0.2) is 61.7 Å². The van der Waals surface area contributed by atoms with Crippen molar-refractivity contribution >= 4 is 6.41 Å². The summed E-state index contributed by atoms with van der Waals surface area (Å²) >= 11 is 0. The zero-order chi connectivity index (χ0) is 10.1. The van der Waals surface area contributed by atoms with Gasteiger partial charge < -0.3 is 14.9 Å². The molecule has 0 saturated carbocycles. The summed E-state index contributed by atoms with van der Waals surface area (Å²) in [5, 5.41) is 8.57. The molecule has 0 aliphatic rings. The lowest BCUT2D eigenvalue weighted by molar-refractivity contribution is -0.118. The van der Waals surface area contributed by atoms with Crippen molar-refractivity contribution in [3.63, 3.8) is 0 Å². The second-order valence-electron chi connectivity index (χ2n) is 3.38. The third-order valence-corrected chi connectivity index (χ3v) is 1.80. The predicted molar refractivity (Wildman–Crippen MR) is 52.5 cm³/mol. The molecule has 0 aromatic heterocycles. The molecule has 0 aromatic rings. The quantitative estimate of drug-likeness (QED) is 0.536. The van der Waals surface area contributed by atoms with E-state index in [0.717, 1.165) is 25.9 Å². The van der Waals surface area contributed by atoms with Gasteiger partial charge in [-0.15, -0.1) is 0 Å². The van der Waals surface area contributed by atoms with E-state index in [1.807, 2.05) is 14.1 Å². The second kappa shape index (κ2) is 8.01. The summed E-state index contributed by atoms with van der Waals surface area (Å²) in [6.45, 7) is 2.58. The topological polar surface area (TPSA) is 43.8 Å². The van der Waals surface area contributed by atoms with Crippen LogP contribution in [-0.2, 0) is 4.79 Å². The fraction of sp³-hybridized carbons (Fsp3) is 0.889. The lowest BCUT2D eigenvalue weighted by Crippen LogP contribution is -2.27. The first-order valence-corrected chi connectivity index (χ1v) is 4.65. The first-order valence-electron chi connectivity index (χ1n) is 4.65. The van der Waals surface area contributed by atoms with Gasteiger partial charge in [-0.25, -0.2) is 0 Å². The summed E-state index contributed by atoms with van der Waals surface area (Å²) in [4.78, 5) is 14.3. The Balaban J connectivity index is 3.42. The summed E-state index contributed by atoms with van der Waals surface area (Å²) < 4.78 is 0. The lowest BCUT2D eigenvalue weighted by atomic mass is 10.3. The van der Waals surface area contributed by atoms with Crippen molar-refractivity contribution in [2.24, 2.45) is 0 Å². The first kappa shape index (κ1) is 12.4. The fourth-order valence-electron chi connectivity index (χ4n) is 1.08. The van der Waals surface area contributed by atoms with E-state index in [9.17, 15) is 4.79 Å². The smallest absolute Gasteiger partial charge is 0.209 e. The van der Waals surface area contributed by atoms with Gasteiger partial charge in [-0.2, -0.15) is 0 Å². The van der Waals surface area contributed by atoms with Gasteiger partial charge in [0.05, 0.1) is 0 Å². The van der Waals surface area contributed by atoms with Gasteiger partial charge in [-0.1, -0.05) is 0 Å². The maximum atomic E-state index is 10.5. The molecule has 0 aliphatic carbocycles. The number of aliphatic hydroxyl groups excluding tert-OH is 1. The molecule has 0 rings (SSSR count). The Bertz CT molecular complexity index is 129. The lowest BCUT2D eigenvalue weighted by Gasteiger charge is -2.17. The van der Waals surface area contributed by atoms with E-state index in [2.05, 4.69) is 4.90 Å². The Morgan fingerprint density at radius 1 is 1.15 bits per heavy atom. The van der Waals surface area contributed by atoms with E-state index in [-0.39, 0.29) is 6.61 Å². The zero-order valence-corrected chi connectivity index (χ0v) is 8.57. The highest BCUT2D eigenvalue weighted by molar-refractivity contribution is 5.46. The van der Waals surface area contributed by atoms with Crippen molar-refractivity contribution in [3.05, 3.63) is 0 Å². The van der Waals surface area contributed by atoms with Gasteiger partial charge in [0.15, 0.2) is 0 Å². The summed E-state index contributed by atoms with van der Waals surface area (Å²) in [5.41, 5.74) is 0. The summed E-state index contributed by atoms with van der Waals surface area (Å²) in [6, 6.07) is 0. The molecule has 0 spiro atoms. The summed E-state index contributed by atoms with van der Waals surface area (Å²) in [7, 11) is 4.03. The Morgan fingerprint density at radius 2 is 1.77 bits per heavy atom. The molecule has 0 saturated heterocycles. The SMILES string of the molecule is CN(C)CCCN(C=O)CCCO. The maximum absolute atomic E-state index is 10.5. The highest BCUT2D eigenvalue weighted by Crippen LogP contribution is 1.91. The highest BCUT2D eigenvalue weighted by Gasteiger charge is 2.00. The minimum absolute atomic E-state index is 0.151. The molecule has 13 heavy (non-hydrogen) atoms. The molecule has 4 heteroatoms. The van der Waals surface area contributed by atoms with Gasteiger partial charge >= 0.3 is 0 Å². The Morgan fingerprint density at radius 3 is 2.23 bits per heavy atom. The number of carbonyl (C=O) groups is 1. The minimum atomic E-state index is 0.151. The molecule has 0 radical (unpaired) electrons. The fourth-order valence-corrected chi connectivity index (χ4v) is 1.08. The number of amides is 1. The molecular weight excluding hydrogens is 168 g/mol. The van der Waals surface area contributed by atoms with E-state index < -0.39 is 0 Å². The Kier molecular flexibility index (Phi) is 7.63. The van der Waals surface area contributed by atoms with Gasteiger partial charge in [0.2, 0.25) is 6.41 Å². The van der Waals surface area contributed by atoms with E-state index in [4.69, 9.17) is 5.11 Å². The van der Waals surface area contributed by atoms with Crippen molar-refractivity contribution in [3.8, 4) is 0 Å². The highest BCUT2D eigenvalue weighted by atomic mass is 16.3. The van der Waals surface area contributed by atoms with Crippen molar-refractivity contribution in [1.29, 1.82) is 0 Å². The van der Waals surface area contributed by atoms with E-state index >= 15 is 0 Å². The van der Waals surface area contributed by atoms with Gasteiger partial charge in [0.1, 0.15) is 0 Å². The molecule has 0 fully saturated rings. The van der Waals surface area contributed by atoms with E-state index in [1.165, 1.54) is 0 Å². The predicted octanol–water partition coefficient (Wildman–Crippen LogP) is -0.221. The molecule has 78 valence electrons. The van der Waals surface area contributed by atoms with Crippen LogP contribution in [0.4, 0.5) is 0 Å². The normalized spacial score (nSPS) is 10.5. The average Bonchev–Trinajstić information content (AvgIpc) is 2.10.